The van der Waals surface area contributed by atoms with Crippen molar-refractivity contribution < 1.29 is 13.2 Å². The molecule has 0 spiro atoms. The lowest BCUT2D eigenvalue weighted by molar-refractivity contribution is -0.0221. The molecule has 1 fully saturated rings. The van der Waals surface area contributed by atoms with E-state index in [9.17, 15) is 8.78 Å². The number of halogens is 2. The minimum Gasteiger partial charge on any atom is -0.472 e. The molecule has 4 heterocycles. The zero-order valence-corrected chi connectivity index (χ0v) is 16.0. The molecule has 5 rings (SSSR count). The number of anilines is 1. The van der Waals surface area contributed by atoms with E-state index >= 15 is 0 Å². The molecule has 5 nitrogen and oxygen atoms in total. The highest BCUT2D eigenvalue weighted by atomic mass is 19.3. The number of furan rings is 1. The first kappa shape index (κ1) is 17.8. The quantitative estimate of drug-likeness (QED) is 0.503. The number of aromatic amines is 1. The van der Waals surface area contributed by atoms with Crippen LogP contribution in [-0.4, -0.2) is 34.0 Å². The first-order valence-electron chi connectivity index (χ1n) is 9.60. The third kappa shape index (κ3) is 3.26. The van der Waals surface area contributed by atoms with Crippen molar-refractivity contribution in [2.75, 3.05) is 18.0 Å². The summed E-state index contributed by atoms with van der Waals surface area (Å²) in [6.07, 6.45) is 4.59. The Balaban J connectivity index is 1.55. The highest BCUT2D eigenvalue weighted by Crippen LogP contribution is 2.36. The largest absolute Gasteiger partial charge is 0.472 e. The van der Waals surface area contributed by atoms with Crippen molar-refractivity contribution in [1.29, 1.82) is 0 Å². The molecular formula is C22H20F2N4O. The molecule has 1 aromatic carbocycles. The number of rotatable bonds is 3. The summed E-state index contributed by atoms with van der Waals surface area (Å²) >= 11 is 0. The minimum absolute atomic E-state index is 0.146. The lowest BCUT2D eigenvalue weighted by Gasteiger charge is -2.32. The van der Waals surface area contributed by atoms with Crippen molar-refractivity contribution in [2.24, 2.45) is 0 Å². The molecular weight excluding hydrogens is 374 g/mol. The number of alkyl halides is 2. The van der Waals surface area contributed by atoms with Gasteiger partial charge in [-0.15, -0.1) is 0 Å². The Bertz CT molecular complexity index is 1160. The molecule has 148 valence electrons. The van der Waals surface area contributed by atoms with Gasteiger partial charge in [-0.25, -0.2) is 18.7 Å². The zero-order valence-electron chi connectivity index (χ0n) is 16.0. The summed E-state index contributed by atoms with van der Waals surface area (Å²) in [7, 11) is 0. The van der Waals surface area contributed by atoms with E-state index in [1.54, 1.807) is 12.5 Å². The molecule has 1 aliphatic heterocycles. The highest BCUT2D eigenvalue weighted by molar-refractivity contribution is 5.99. The van der Waals surface area contributed by atoms with E-state index in [0.29, 0.717) is 18.9 Å². The summed E-state index contributed by atoms with van der Waals surface area (Å²) in [5.41, 5.74) is 5.85. The van der Waals surface area contributed by atoms with Crippen LogP contribution < -0.4 is 4.90 Å². The summed E-state index contributed by atoms with van der Waals surface area (Å²) < 4.78 is 32.2. The van der Waals surface area contributed by atoms with Gasteiger partial charge in [0.25, 0.3) is 5.92 Å². The van der Waals surface area contributed by atoms with E-state index in [4.69, 9.17) is 4.42 Å². The Morgan fingerprint density at radius 1 is 1.07 bits per heavy atom. The molecule has 0 amide bonds. The Kier molecular flexibility index (Phi) is 4.12. The van der Waals surface area contributed by atoms with Gasteiger partial charge in [0.05, 0.1) is 18.2 Å². The molecule has 0 atom stereocenters. The van der Waals surface area contributed by atoms with E-state index in [0.717, 1.165) is 39.0 Å². The maximum absolute atomic E-state index is 13.5. The van der Waals surface area contributed by atoms with Crippen LogP contribution in [0.3, 0.4) is 0 Å². The fraction of sp³-hybridized carbons (Fsp3) is 0.273. The third-order valence-corrected chi connectivity index (χ3v) is 5.57. The fourth-order valence-corrected chi connectivity index (χ4v) is 3.98. The third-order valence-electron chi connectivity index (χ3n) is 5.57. The molecule has 3 aromatic heterocycles. The van der Waals surface area contributed by atoms with Crippen LogP contribution in [0, 0.1) is 6.92 Å². The van der Waals surface area contributed by atoms with Crippen LogP contribution in [0.25, 0.3) is 33.3 Å². The van der Waals surface area contributed by atoms with Crippen LogP contribution >= 0.6 is 0 Å². The van der Waals surface area contributed by atoms with E-state index in [2.05, 4.69) is 21.0 Å². The molecule has 0 unspecified atom stereocenters. The van der Waals surface area contributed by atoms with Gasteiger partial charge in [-0.1, -0.05) is 6.07 Å². The zero-order chi connectivity index (χ0) is 20.0. The van der Waals surface area contributed by atoms with Gasteiger partial charge in [-0.3, -0.25) is 0 Å². The number of hydrogen-bond acceptors (Lipinski definition) is 4. The second-order valence-electron chi connectivity index (χ2n) is 7.50. The Morgan fingerprint density at radius 2 is 1.90 bits per heavy atom. The number of benzene rings is 1. The maximum Gasteiger partial charge on any atom is 0.251 e. The van der Waals surface area contributed by atoms with Crippen molar-refractivity contribution in [3.8, 4) is 22.4 Å². The fourth-order valence-electron chi connectivity index (χ4n) is 3.98. The molecule has 0 aliphatic carbocycles. The highest BCUT2D eigenvalue weighted by Gasteiger charge is 2.34. The standard InChI is InChI=1S/C22H20F2N4O/c1-14-21(17-10-15(2-3-18(17)27-14)16-4-9-29-12-16)19-11-20(26-13-25-19)28-7-5-22(23,24)6-8-28/h2-4,9-13,27H,5-8H2,1H3. The number of hydrogen-bond donors (Lipinski definition) is 1. The van der Waals surface area contributed by atoms with Crippen LogP contribution in [0.4, 0.5) is 14.6 Å². The molecule has 29 heavy (non-hydrogen) atoms. The van der Waals surface area contributed by atoms with Gasteiger partial charge < -0.3 is 14.3 Å². The number of nitrogens with one attached hydrogen (secondary N) is 1. The SMILES string of the molecule is Cc1[nH]c2ccc(-c3ccoc3)cc2c1-c1cc(N2CCC(F)(F)CC2)ncn1. The van der Waals surface area contributed by atoms with E-state index in [1.165, 1.54) is 6.33 Å². The summed E-state index contributed by atoms with van der Waals surface area (Å²) in [6.45, 7) is 2.60. The summed E-state index contributed by atoms with van der Waals surface area (Å²) in [6, 6.07) is 10.0. The summed E-state index contributed by atoms with van der Waals surface area (Å²) in [4.78, 5) is 14.1. The summed E-state index contributed by atoms with van der Waals surface area (Å²) in [5.74, 6) is -1.89. The number of nitrogens with zero attached hydrogens (tertiary/aromatic N) is 3. The number of H-pyrrole nitrogens is 1. The molecule has 0 radical (unpaired) electrons. The first-order chi connectivity index (χ1) is 14.0. The predicted molar refractivity (Wildman–Crippen MR) is 108 cm³/mol. The van der Waals surface area contributed by atoms with Crippen LogP contribution in [-0.2, 0) is 0 Å². The number of fused-ring (bicyclic) bond motifs is 1. The normalized spacial score (nSPS) is 16.4. The van der Waals surface area contributed by atoms with Crippen LogP contribution in [0.15, 0.2) is 53.6 Å². The smallest absolute Gasteiger partial charge is 0.251 e. The van der Waals surface area contributed by atoms with Gasteiger partial charge in [0, 0.05) is 59.7 Å². The molecule has 4 aromatic rings. The van der Waals surface area contributed by atoms with E-state index in [1.807, 2.05) is 36.1 Å². The van der Waals surface area contributed by atoms with Crippen LogP contribution in [0.1, 0.15) is 18.5 Å². The lowest BCUT2D eigenvalue weighted by atomic mass is 10.0. The minimum atomic E-state index is -2.58. The van der Waals surface area contributed by atoms with Gasteiger partial charge in [0.1, 0.15) is 12.1 Å². The molecule has 1 aliphatic rings. The van der Waals surface area contributed by atoms with Gasteiger partial charge >= 0.3 is 0 Å². The molecule has 7 heteroatoms. The van der Waals surface area contributed by atoms with Crippen LogP contribution in [0.5, 0.6) is 0 Å². The average Bonchev–Trinajstić information content (AvgIpc) is 3.34. The molecule has 0 saturated carbocycles. The van der Waals surface area contributed by atoms with Crippen molar-refractivity contribution in [2.45, 2.75) is 25.7 Å². The van der Waals surface area contributed by atoms with E-state index in [-0.39, 0.29) is 12.8 Å². The van der Waals surface area contributed by atoms with Crippen molar-refractivity contribution in [1.82, 2.24) is 15.0 Å². The Labute approximate surface area is 166 Å². The predicted octanol–water partition coefficient (Wildman–Crippen LogP) is 5.43. The lowest BCUT2D eigenvalue weighted by Crippen LogP contribution is -2.39. The maximum atomic E-state index is 13.5. The van der Waals surface area contributed by atoms with Crippen molar-refractivity contribution in [3.05, 3.63) is 54.9 Å². The second kappa shape index (κ2) is 6.69. The van der Waals surface area contributed by atoms with Gasteiger partial charge in [0.15, 0.2) is 0 Å². The Hall–Kier alpha value is -3.22. The van der Waals surface area contributed by atoms with Crippen molar-refractivity contribution in [3.63, 3.8) is 0 Å². The van der Waals surface area contributed by atoms with Gasteiger partial charge in [-0.2, -0.15) is 0 Å². The monoisotopic (exact) mass is 394 g/mol. The number of aromatic nitrogens is 3. The van der Waals surface area contributed by atoms with E-state index < -0.39 is 5.92 Å². The molecule has 0 bridgehead atoms. The second-order valence-corrected chi connectivity index (χ2v) is 7.50. The van der Waals surface area contributed by atoms with Crippen LogP contribution in [0.2, 0.25) is 0 Å². The first-order valence-corrected chi connectivity index (χ1v) is 9.60. The van der Waals surface area contributed by atoms with Crippen molar-refractivity contribution >= 4 is 16.7 Å². The van der Waals surface area contributed by atoms with Gasteiger partial charge in [0.2, 0.25) is 0 Å². The molecule has 1 N–H and O–H groups in total. The number of piperidine rings is 1. The molecule has 1 saturated heterocycles. The summed E-state index contributed by atoms with van der Waals surface area (Å²) in [5, 5.41) is 1.05. The van der Waals surface area contributed by atoms with Gasteiger partial charge in [-0.05, 0) is 30.7 Å². The topological polar surface area (TPSA) is 58.0 Å². The Morgan fingerprint density at radius 3 is 2.66 bits per heavy atom. The average molecular weight is 394 g/mol. The number of aryl methyl sites for hydroxylation is 1.